The molecule has 32 heavy (non-hydrogen) atoms. The fraction of sp³-hybridized carbons (Fsp3) is 0.375. The minimum absolute atomic E-state index is 0.157. The Bertz CT molecular complexity index is 905. The van der Waals surface area contributed by atoms with E-state index in [2.05, 4.69) is 10.6 Å². The van der Waals surface area contributed by atoms with Gasteiger partial charge in [0.05, 0.1) is 27.3 Å². The lowest BCUT2D eigenvalue weighted by Gasteiger charge is -2.22. The van der Waals surface area contributed by atoms with Crippen molar-refractivity contribution in [2.45, 2.75) is 26.7 Å². The summed E-state index contributed by atoms with van der Waals surface area (Å²) in [7, 11) is 3.01. The summed E-state index contributed by atoms with van der Waals surface area (Å²) >= 11 is 0. The molecule has 3 amide bonds. The topological polar surface area (TPSA) is 97.0 Å². The summed E-state index contributed by atoms with van der Waals surface area (Å²) in [4.78, 5) is 39.1. The zero-order chi connectivity index (χ0) is 23.5. The maximum Gasteiger partial charge on any atom is 0.254 e. The smallest absolute Gasteiger partial charge is 0.254 e. The van der Waals surface area contributed by atoms with E-state index in [9.17, 15) is 14.4 Å². The lowest BCUT2D eigenvalue weighted by Crippen LogP contribution is -2.43. The van der Waals surface area contributed by atoms with Crippen LogP contribution >= 0.6 is 0 Å². The Morgan fingerprint density at radius 3 is 2.12 bits per heavy atom. The average Bonchev–Trinajstić information content (AvgIpc) is 2.81. The molecule has 0 heterocycles. The third kappa shape index (κ3) is 7.61. The zero-order valence-corrected chi connectivity index (χ0v) is 19.1. The van der Waals surface area contributed by atoms with E-state index in [1.807, 2.05) is 26.0 Å². The molecule has 0 aliphatic carbocycles. The Morgan fingerprint density at radius 1 is 0.938 bits per heavy atom. The Hall–Kier alpha value is -3.55. The van der Waals surface area contributed by atoms with Crippen LogP contribution < -0.4 is 20.1 Å². The second-order valence-corrected chi connectivity index (χ2v) is 7.37. The standard InChI is InChI=1S/C24H31N3O5/c1-5-6-11-27(24(30)18-12-20(31-3)14-21(13-18)32-4)16-23(29)25-15-22(28)26-19-9-7-17(2)8-10-19/h7-10,12-14H,5-6,11,15-16H2,1-4H3,(H,25,29)(H,26,28). The summed E-state index contributed by atoms with van der Waals surface area (Å²) in [5, 5.41) is 5.30. The molecule has 8 heteroatoms. The lowest BCUT2D eigenvalue weighted by molar-refractivity contribution is -0.124. The van der Waals surface area contributed by atoms with Crippen molar-refractivity contribution in [3.8, 4) is 11.5 Å². The Labute approximate surface area is 188 Å². The third-order valence-corrected chi connectivity index (χ3v) is 4.78. The van der Waals surface area contributed by atoms with Crippen LogP contribution in [0.1, 0.15) is 35.7 Å². The van der Waals surface area contributed by atoms with E-state index < -0.39 is 5.91 Å². The van der Waals surface area contributed by atoms with Gasteiger partial charge in [-0.1, -0.05) is 31.0 Å². The molecular formula is C24H31N3O5. The number of unbranched alkanes of at least 4 members (excludes halogenated alkanes) is 1. The number of aryl methyl sites for hydroxylation is 1. The first-order chi connectivity index (χ1) is 15.4. The molecule has 0 spiro atoms. The van der Waals surface area contributed by atoms with Gasteiger partial charge in [-0.05, 0) is 37.6 Å². The molecule has 2 aromatic rings. The van der Waals surface area contributed by atoms with Gasteiger partial charge in [-0.25, -0.2) is 0 Å². The number of carbonyl (C=O) groups is 3. The van der Waals surface area contributed by atoms with E-state index in [1.165, 1.54) is 19.1 Å². The first kappa shape index (κ1) is 24.7. The molecular weight excluding hydrogens is 410 g/mol. The van der Waals surface area contributed by atoms with Crippen LogP contribution in [0.4, 0.5) is 5.69 Å². The van der Waals surface area contributed by atoms with Gasteiger partial charge in [0.2, 0.25) is 11.8 Å². The molecule has 0 aliphatic rings. The van der Waals surface area contributed by atoms with Crippen molar-refractivity contribution in [1.29, 1.82) is 0 Å². The molecule has 0 aliphatic heterocycles. The number of ether oxygens (including phenoxy) is 2. The van der Waals surface area contributed by atoms with Crippen LogP contribution in [0.2, 0.25) is 0 Å². The van der Waals surface area contributed by atoms with Crippen molar-refractivity contribution >= 4 is 23.4 Å². The molecule has 0 atom stereocenters. The molecule has 2 aromatic carbocycles. The van der Waals surface area contributed by atoms with Crippen molar-refractivity contribution in [3.05, 3.63) is 53.6 Å². The van der Waals surface area contributed by atoms with Crippen molar-refractivity contribution in [1.82, 2.24) is 10.2 Å². The summed E-state index contributed by atoms with van der Waals surface area (Å²) in [6.07, 6.45) is 1.61. The Kier molecular flexibility index (Phi) is 9.53. The molecule has 2 rings (SSSR count). The van der Waals surface area contributed by atoms with Gasteiger partial charge in [-0.2, -0.15) is 0 Å². The minimum atomic E-state index is -0.414. The van der Waals surface area contributed by atoms with Gasteiger partial charge in [0.1, 0.15) is 11.5 Å². The van der Waals surface area contributed by atoms with E-state index in [0.29, 0.717) is 29.3 Å². The second kappa shape index (κ2) is 12.3. The number of methoxy groups -OCH3 is 2. The maximum atomic E-state index is 13.1. The van der Waals surface area contributed by atoms with E-state index >= 15 is 0 Å². The number of nitrogens with one attached hydrogen (secondary N) is 2. The number of hydrogen-bond donors (Lipinski definition) is 2. The zero-order valence-electron chi connectivity index (χ0n) is 19.1. The van der Waals surface area contributed by atoms with E-state index in [1.54, 1.807) is 30.3 Å². The number of benzene rings is 2. The van der Waals surface area contributed by atoms with E-state index in [4.69, 9.17) is 9.47 Å². The quantitative estimate of drug-likeness (QED) is 0.559. The fourth-order valence-electron chi connectivity index (χ4n) is 2.97. The van der Waals surface area contributed by atoms with E-state index in [-0.39, 0.29) is 24.9 Å². The molecule has 0 aromatic heterocycles. The summed E-state index contributed by atoms with van der Waals surface area (Å²) in [6.45, 7) is 4.04. The molecule has 0 saturated carbocycles. The van der Waals surface area contributed by atoms with Crippen LogP contribution in [0.5, 0.6) is 11.5 Å². The monoisotopic (exact) mass is 441 g/mol. The number of anilines is 1. The van der Waals surface area contributed by atoms with Crippen LogP contribution in [-0.2, 0) is 9.59 Å². The van der Waals surface area contributed by atoms with Crippen molar-refractivity contribution < 1.29 is 23.9 Å². The first-order valence-corrected chi connectivity index (χ1v) is 10.5. The van der Waals surface area contributed by atoms with Gasteiger partial charge in [0, 0.05) is 23.9 Å². The molecule has 172 valence electrons. The molecule has 0 bridgehead atoms. The Morgan fingerprint density at radius 2 is 1.56 bits per heavy atom. The molecule has 0 fully saturated rings. The highest BCUT2D eigenvalue weighted by atomic mass is 16.5. The second-order valence-electron chi connectivity index (χ2n) is 7.37. The number of carbonyl (C=O) groups excluding carboxylic acids is 3. The molecule has 8 nitrogen and oxygen atoms in total. The maximum absolute atomic E-state index is 13.1. The number of hydrogen-bond acceptors (Lipinski definition) is 5. The Balaban J connectivity index is 1.99. The molecule has 0 unspecified atom stereocenters. The highest BCUT2D eigenvalue weighted by Gasteiger charge is 2.20. The SMILES string of the molecule is CCCCN(CC(=O)NCC(=O)Nc1ccc(C)cc1)C(=O)c1cc(OC)cc(OC)c1. The normalized spacial score (nSPS) is 10.2. The largest absolute Gasteiger partial charge is 0.497 e. The predicted molar refractivity (Wildman–Crippen MR) is 123 cm³/mol. The van der Waals surface area contributed by atoms with Crippen LogP contribution in [-0.4, -0.2) is 56.5 Å². The van der Waals surface area contributed by atoms with Gasteiger partial charge in [0.15, 0.2) is 0 Å². The van der Waals surface area contributed by atoms with Gasteiger partial charge in [0.25, 0.3) is 5.91 Å². The first-order valence-electron chi connectivity index (χ1n) is 10.5. The van der Waals surface area contributed by atoms with Gasteiger partial charge < -0.3 is 25.0 Å². The summed E-state index contributed by atoms with van der Waals surface area (Å²) < 4.78 is 10.5. The third-order valence-electron chi connectivity index (χ3n) is 4.78. The van der Waals surface area contributed by atoms with Crippen LogP contribution in [0.3, 0.4) is 0 Å². The van der Waals surface area contributed by atoms with Crippen LogP contribution in [0.15, 0.2) is 42.5 Å². The van der Waals surface area contributed by atoms with Crippen molar-refractivity contribution in [3.63, 3.8) is 0 Å². The number of amides is 3. The lowest BCUT2D eigenvalue weighted by atomic mass is 10.1. The molecule has 0 saturated heterocycles. The molecule has 0 radical (unpaired) electrons. The molecule has 2 N–H and O–H groups in total. The summed E-state index contributed by atoms with van der Waals surface area (Å²) in [5.41, 5.74) is 2.10. The van der Waals surface area contributed by atoms with Gasteiger partial charge >= 0.3 is 0 Å². The van der Waals surface area contributed by atoms with Crippen LogP contribution in [0.25, 0.3) is 0 Å². The van der Waals surface area contributed by atoms with Gasteiger partial charge in [-0.3, -0.25) is 14.4 Å². The number of rotatable bonds is 11. The fourth-order valence-corrected chi connectivity index (χ4v) is 2.97. The summed E-state index contributed by atoms with van der Waals surface area (Å²) in [5.74, 6) is -0.0924. The minimum Gasteiger partial charge on any atom is -0.497 e. The predicted octanol–water partition coefficient (Wildman–Crippen LogP) is 3.01. The van der Waals surface area contributed by atoms with Gasteiger partial charge in [-0.15, -0.1) is 0 Å². The highest BCUT2D eigenvalue weighted by Crippen LogP contribution is 2.23. The van der Waals surface area contributed by atoms with Crippen molar-refractivity contribution in [2.75, 3.05) is 39.2 Å². The van der Waals surface area contributed by atoms with Crippen molar-refractivity contribution in [2.24, 2.45) is 0 Å². The average molecular weight is 442 g/mol. The highest BCUT2D eigenvalue weighted by molar-refractivity contribution is 5.98. The van der Waals surface area contributed by atoms with E-state index in [0.717, 1.165) is 18.4 Å². The number of nitrogens with zero attached hydrogens (tertiary/aromatic N) is 1. The van der Waals surface area contributed by atoms with Crippen LogP contribution in [0, 0.1) is 6.92 Å². The summed E-state index contributed by atoms with van der Waals surface area (Å²) in [6, 6.07) is 12.3.